The maximum absolute atomic E-state index is 12.5. The molecular weight excluding hydrogens is 328 g/mol. The van der Waals surface area contributed by atoms with Gasteiger partial charge in [0.1, 0.15) is 0 Å². The molecule has 0 saturated carbocycles. The Morgan fingerprint density at radius 1 is 1.42 bits per heavy atom. The van der Waals surface area contributed by atoms with Gasteiger partial charge in [-0.05, 0) is 37.5 Å². The summed E-state index contributed by atoms with van der Waals surface area (Å²) in [6, 6.07) is 5.20. The fraction of sp³-hybridized carbons (Fsp3) is 0.538. The van der Waals surface area contributed by atoms with Gasteiger partial charge < -0.3 is 5.73 Å². The summed E-state index contributed by atoms with van der Waals surface area (Å²) in [6.45, 7) is 7.74. The molecule has 6 heteroatoms. The van der Waals surface area contributed by atoms with Crippen LogP contribution >= 0.6 is 15.9 Å². The zero-order valence-electron chi connectivity index (χ0n) is 11.7. The summed E-state index contributed by atoms with van der Waals surface area (Å²) in [5.41, 5.74) is 5.77. The van der Waals surface area contributed by atoms with E-state index in [9.17, 15) is 8.42 Å². The Hall–Kier alpha value is -0.430. The predicted octanol–water partition coefficient (Wildman–Crippen LogP) is 2.41. The molecule has 0 saturated heterocycles. The highest BCUT2D eigenvalue weighted by Gasteiger charge is 2.33. The van der Waals surface area contributed by atoms with Gasteiger partial charge in [-0.2, -0.15) is 0 Å². The van der Waals surface area contributed by atoms with Crippen LogP contribution in [0.4, 0.5) is 0 Å². The van der Waals surface area contributed by atoms with Gasteiger partial charge in [-0.1, -0.05) is 35.8 Å². The van der Waals surface area contributed by atoms with Gasteiger partial charge in [0.25, 0.3) is 0 Å². The van der Waals surface area contributed by atoms with E-state index < -0.39 is 15.6 Å². The van der Waals surface area contributed by atoms with E-state index >= 15 is 0 Å². The number of nitrogens with one attached hydrogen (secondary N) is 1. The van der Waals surface area contributed by atoms with Crippen molar-refractivity contribution in [3.8, 4) is 0 Å². The fourth-order valence-electron chi connectivity index (χ4n) is 1.62. The van der Waals surface area contributed by atoms with Crippen molar-refractivity contribution < 1.29 is 8.42 Å². The lowest BCUT2D eigenvalue weighted by atomic mass is 9.90. The van der Waals surface area contributed by atoms with E-state index in [1.807, 2.05) is 26.8 Å². The van der Waals surface area contributed by atoms with E-state index in [0.717, 1.165) is 4.47 Å². The highest BCUT2D eigenvalue weighted by Crippen LogP contribution is 2.24. The molecule has 0 fully saturated rings. The minimum Gasteiger partial charge on any atom is -0.329 e. The van der Waals surface area contributed by atoms with Gasteiger partial charge in [0, 0.05) is 16.6 Å². The second-order valence-corrected chi connectivity index (χ2v) is 7.86. The van der Waals surface area contributed by atoms with E-state index in [1.54, 1.807) is 19.1 Å². The average molecular weight is 349 g/mol. The predicted molar refractivity (Wildman–Crippen MR) is 81.5 cm³/mol. The zero-order chi connectivity index (χ0) is 14.8. The zero-order valence-corrected chi connectivity index (χ0v) is 14.1. The topological polar surface area (TPSA) is 72.2 Å². The van der Waals surface area contributed by atoms with Crippen LogP contribution in [0.25, 0.3) is 0 Å². The highest BCUT2D eigenvalue weighted by atomic mass is 79.9. The number of nitrogens with two attached hydrogens (primary N) is 1. The quantitative estimate of drug-likeness (QED) is 0.858. The Bertz CT molecular complexity index is 558. The molecule has 1 aromatic carbocycles. The summed E-state index contributed by atoms with van der Waals surface area (Å²) < 4.78 is 28.5. The standard InChI is InChI=1S/C13H21BrN2O2S/c1-9(2)13(4,8-15)16-19(17,18)12-7-11(14)6-5-10(12)3/h5-7,9,16H,8,15H2,1-4H3. The van der Waals surface area contributed by atoms with E-state index in [4.69, 9.17) is 5.73 Å². The Morgan fingerprint density at radius 3 is 2.47 bits per heavy atom. The molecule has 3 N–H and O–H groups in total. The number of hydrogen-bond acceptors (Lipinski definition) is 3. The number of benzene rings is 1. The van der Waals surface area contributed by atoms with Gasteiger partial charge in [0.05, 0.1) is 4.90 Å². The average Bonchev–Trinajstić information content (AvgIpc) is 2.31. The molecule has 0 aromatic heterocycles. The molecule has 0 amide bonds. The summed E-state index contributed by atoms with van der Waals surface area (Å²) in [5, 5.41) is 0. The minimum atomic E-state index is -3.59. The molecule has 1 aromatic rings. The molecule has 0 spiro atoms. The van der Waals surface area contributed by atoms with E-state index in [0.29, 0.717) is 5.56 Å². The molecule has 1 rings (SSSR count). The Morgan fingerprint density at radius 2 is 2.00 bits per heavy atom. The van der Waals surface area contributed by atoms with E-state index in [-0.39, 0.29) is 17.4 Å². The summed E-state index contributed by atoms with van der Waals surface area (Å²) in [7, 11) is -3.59. The third kappa shape index (κ3) is 3.78. The first-order valence-electron chi connectivity index (χ1n) is 6.12. The van der Waals surface area contributed by atoms with Crippen LogP contribution in [-0.2, 0) is 10.0 Å². The van der Waals surface area contributed by atoms with Gasteiger partial charge in [0.2, 0.25) is 10.0 Å². The first-order valence-corrected chi connectivity index (χ1v) is 8.40. The summed E-state index contributed by atoms with van der Waals surface area (Å²) in [6.07, 6.45) is 0. The number of rotatable bonds is 5. The van der Waals surface area contributed by atoms with Crippen molar-refractivity contribution in [3.05, 3.63) is 28.2 Å². The lowest BCUT2D eigenvalue weighted by Gasteiger charge is -2.33. The summed E-state index contributed by atoms with van der Waals surface area (Å²) >= 11 is 3.30. The maximum Gasteiger partial charge on any atom is 0.241 e. The first kappa shape index (κ1) is 16.6. The van der Waals surface area contributed by atoms with Gasteiger partial charge >= 0.3 is 0 Å². The van der Waals surface area contributed by atoms with Gasteiger partial charge in [0.15, 0.2) is 0 Å². The van der Waals surface area contributed by atoms with Crippen molar-refractivity contribution in [1.29, 1.82) is 0 Å². The van der Waals surface area contributed by atoms with Crippen LogP contribution in [0.3, 0.4) is 0 Å². The maximum atomic E-state index is 12.5. The number of aryl methyl sites for hydroxylation is 1. The number of halogens is 1. The minimum absolute atomic E-state index is 0.0970. The molecule has 0 aliphatic carbocycles. The summed E-state index contributed by atoms with van der Waals surface area (Å²) in [5.74, 6) is 0.0970. The van der Waals surface area contributed by atoms with E-state index in [1.165, 1.54) is 0 Å². The Labute approximate surface area is 124 Å². The van der Waals surface area contributed by atoms with Crippen molar-refractivity contribution in [2.75, 3.05) is 6.54 Å². The Balaban J connectivity index is 3.22. The van der Waals surface area contributed by atoms with Crippen molar-refractivity contribution in [2.45, 2.75) is 38.1 Å². The van der Waals surface area contributed by atoms with Crippen LogP contribution in [0.2, 0.25) is 0 Å². The normalized spacial score (nSPS) is 15.5. The molecule has 19 heavy (non-hydrogen) atoms. The lowest BCUT2D eigenvalue weighted by Crippen LogP contribution is -2.54. The molecule has 0 bridgehead atoms. The summed E-state index contributed by atoms with van der Waals surface area (Å²) in [4.78, 5) is 0.280. The van der Waals surface area contributed by atoms with Crippen molar-refractivity contribution in [3.63, 3.8) is 0 Å². The van der Waals surface area contributed by atoms with Gasteiger partial charge in [-0.3, -0.25) is 0 Å². The van der Waals surface area contributed by atoms with Crippen LogP contribution in [0.15, 0.2) is 27.6 Å². The van der Waals surface area contributed by atoms with E-state index in [2.05, 4.69) is 20.7 Å². The third-order valence-electron chi connectivity index (χ3n) is 3.51. The van der Waals surface area contributed by atoms with Crippen LogP contribution in [0, 0.1) is 12.8 Å². The molecule has 4 nitrogen and oxygen atoms in total. The molecular formula is C13H21BrN2O2S. The second kappa shape index (κ2) is 5.91. The lowest BCUT2D eigenvalue weighted by molar-refractivity contribution is 0.315. The Kier molecular flexibility index (Phi) is 5.17. The van der Waals surface area contributed by atoms with Crippen LogP contribution in [-0.4, -0.2) is 20.5 Å². The largest absolute Gasteiger partial charge is 0.329 e. The second-order valence-electron chi connectivity index (χ2n) is 5.29. The molecule has 0 aliphatic rings. The fourth-order valence-corrected chi connectivity index (χ4v) is 3.95. The van der Waals surface area contributed by atoms with Crippen LogP contribution in [0.5, 0.6) is 0 Å². The third-order valence-corrected chi connectivity index (χ3v) is 5.75. The smallest absolute Gasteiger partial charge is 0.241 e. The highest BCUT2D eigenvalue weighted by molar-refractivity contribution is 9.10. The molecule has 108 valence electrons. The number of sulfonamides is 1. The molecule has 1 unspecified atom stereocenters. The first-order chi connectivity index (χ1) is 8.62. The SMILES string of the molecule is Cc1ccc(Br)cc1S(=O)(=O)NC(C)(CN)C(C)C. The van der Waals surface area contributed by atoms with Crippen LogP contribution in [0.1, 0.15) is 26.3 Å². The molecule has 0 heterocycles. The van der Waals surface area contributed by atoms with Crippen molar-refractivity contribution in [2.24, 2.45) is 11.7 Å². The molecule has 0 radical (unpaired) electrons. The number of hydrogen-bond donors (Lipinski definition) is 2. The van der Waals surface area contributed by atoms with Crippen molar-refractivity contribution in [1.82, 2.24) is 4.72 Å². The van der Waals surface area contributed by atoms with Gasteiger partial charge in [-0.15, -0.1) is 0 Å². The van der Waals surface area contributed by atoms with Crippen molar-refractivity contribution >= 4 is 26.0 Å². The molecule has 1 atom stereocenters. The molecule has 0 aliphatic heterocycles. The van der Waals surface area contributed by atoms with Crippen LogP contribution < -0.4 is 10.5 Å². The van der Waals surface area contributed by atoms with Gasteiger partial charge in [-0.25, -0.2) is 13.1 Å². The monoisotopic (exact) mass is 348 g/mol.